The Morgan fingerprint density at radius 2 is 1.93 bits per heavy atom. The van der Waals surface area contributed by atoms with Gasteiger partial charge in [-0.05, 0) is 29.9 Å². The predicted molar refractivity (Wildman–Crippen MR) is 110 cm³/mol. The van der Waals surface area contributed by atoms with Crippen LogP contribution in [-0.2, 0) is 20.8 Å². The molecule has 3 N–H and O–H groups in total. The molecule has 1 aliphatic heterocycles. The molecule has 0 spiro atoms. The smallest absolute Gasteiger partial charge is 0.352 e. The fraction of sp³-hybridized carbons (Fsp3) is 0.381. The molecule has 2 aliphatic rings. The Bertz CT molecular complexity index is 848. The zero-order valence-corrected chi connectivity index (χ0v) is 16.9. The standard InChI is InChI=1S/C21H24N2O5S/c1-23-18(21(27)28)15(10-9-13-7-8-13)12-29-19(23)17(20(25)26)22-16(24)11-14-5-3-2-4-6-14/h2-6,9-10,13,17,19H,7-8,11-12H2,1H3,(H,22,24)(H,25,26)(H,27,28)/b10-9+. The van der Waals surface area contributed by atoms with Gasteiger partial charge in [-0.2, -0.15) is 0 Å². The molecule has 29 heavy (non-hydrogen) atoms. The van der Waals surface area contributed by atoms with Crippen molar-refractivity contribution in [3.8, 4) is 0 Å². The zero-order chi connectivity index (χ0) is 21.0. The summed E-state index contributed by atoms with van der Waals surface area (Å²) in [7, 11) is 1.56. The second kappa shape index (κ2) is 9.17. The van der Waals surface area contributed by atoms with Gasteiger partial charge in [0.05, 0.1) is 6.42 Å². The highest BCUT2D eigenvalue weighted by Crippen LogP contribution is 2.35. The quantitative estimate of drug-likeness (QED) is 0.596. The molecule has 1 amide bonds. The van der Waals surface area contributed by atoms with Crippen LogP contribution in [0.1, 0.15) is 18.4 Å². The highest BCUT2D eigenvalue weighted by atomic mass is 32.2. The number of rotatable bonds is 8. The summed E-state index contributed by atoms with van der Waals surface area (Å²) in [6.45, 7) is 0. The number of allylic oxidation sites excluding steroid dienone is 2. The summed E-state index contributed by atoms with van der Waals surface area (Å²) in [5, 5.41) is 21.2. The Labute approximate surface area is 173 Å². The van der Waals surface area contributed by atoms with Crippen molar-refractivity contribution < 1.29 is 24.6 Å². The molecule has 1 saturated carbocycles. The number of carboxylic acid groups (broad SMARTS) is 2. The molecule has 0 bridgehead atoms. The van der Waals surface area contributed by atoms with Crippen LogP contribution in [0.2, 0.25) is 0 Å². The number of hydrogen-bond acceptors (Lipinski definition) is 5. The summed E-state index contributed by atoms with van der Waals surface area (Å²) in [5.41, 5.74) is 1.51. The first kappa shape index (κ1) is 21.0. The van der Waals surface area contributed by atoms with Crippen LogP contribution in [0, 0.1) is 5.92 Å². The van der Waals surface area contributed by atoms with Gasteiger partial charge in [-0.1, -0.05) is 42.5 Å². The first-order valence-electron chi connectivity index (χ1n) is 9.42. The second-order valence-corrected chi connectivity index (χ2v) is 8.34. The van der Waals surface area contributed by atoms with Crippen LogP contribution in [-0.4, -0.2) is 57.2 Å². The number of likely N-dealkylation sites (N-methyl/N-ethyl adjacent to an activating group) is 1. The summed E-state index contributed by atoms with van der Waals surface area (Å²) >= 11 is 1.32. The zero-order valence-electron chi connectivity index (χ0n) is 16.1. The van der Waals surface area contributed by atoms with E-state index in [0.29, 0.717) is 17.2 Å². The van der Waals surface area contributed by atoms with E-state index >= 15 is 0 Å². The minimum absolute atomic E-state index is 0.0583. The number of hydrogen-bond donors (Lipinski definition) is 3. The Morgan fingerprint density at radius 3 is 2.52 bits per heavy atom. The van der Waals surface area contributed by atoms with Gasteiger partial charge in [0, 0.05) is 12.8 Å². The molecule has 7 nitrogen and oxygen atoms in total. The van der Waals surface area contributed by atoms with Gasteiger partial charge < -0.3 is 20.4 Å². The van der Waals surface area contributed by atoms with E-state index in [0.717, 1.165) is 18.4 Å². The van der Waals surface area contributed by atoms with Crippen LogP contribution < -0.4 is 5.32 Å². The molecule has 154 valence electrons. The first-order chi connectivity index (χ1) is 13.9. The van der Waals surface area contributed by atoms with E-state index in [4.69, 9.17) is 0 Å². The average Bonchev–Trinajstić information content (AvgIpc) is 3.49. The fourth-order valence-electron chi connectivity index (χ4n) is 3.25. The lowest BCUT2D eigenvalue weighted by Gasteiger charge is -2.38. The molecule has 3 rings (SSSR count). The Balaban J connectivity index is 1.76. The van der Waals surface area contributed by atoms with Gasteiger partial charge in [0.15, 0.2) is 6.04 Å². The van der Waals surface area contributed by atoms with Crippen LogP contribution >= 0.6 is 11.8 Å². The normalized spacial score (nSPS) is 20.6. The Hall–Kier alpha value is -2.74. The van der Waals surface area contributed by atoms with Gasteiger partial charge in [0.25, 0.3) is 0 Å². The predicted octanol–water partition coefficient (Wildman–Crippen LogP) is 2.11. The third kappa shape index (κ3) is 5.41. The summed E-state index contributed by atoms with van der Waals surface area (Å²) in [6, 6.07) is 7.81. The number of benzene rings is 1. The van der Waals surface area contributed by atoms with Crippen molar-refractivity contribution >= 4 is 29.6 Å². The number of carbonyl (C=O) groups excluding carboxylic acids is 1. The minimum atomic E-state index is -1.23. The summed E-state index contributed by atoms with van der Waals surface area (Å²) in [6.07, 6.45) is 6.15. The van der Waals surface area contributed by atoms with Crippen LogP contribution in [0.15, 0.2) is 53.8 Å². The van der Waals surface area contributed by atoms with Gasteiger partial charge in [0.1, 0.15) is 11.1 Å². The fourth-order valence-corrected chi connectivity index (χ4v) is 4.53. The molecule has 0 aromatic heterocycles. The lowest BCUT2D eigenvalue weighted by molar-refractivity contribution is -0.143. The van der Waals surface area contributed by atoms with Crippen molar-refractivity contribution in [1.29, 1.82) is 0 Å². The van der Waals surface area contributed by atoms with Crippen LogP contribution in [0.25, 0.3) is 0 Å². The molecular formula is C21H24N2O5S. The summed E-state index contributed by atoms with van der Waals surface area (Å²) in [5.74, 6) is -1.84. The largest absolute Gasteiger partial charge is 0.480 e. The number of carbonyl (C=O) groups is 3. The molecule has 0 radical (unpaired) electrons. The number of amides is 1. The number of aliphatic carboxylic acids is 2. The summed E-state index contributed by atoms with van der Waals surface area (Å²) < 4.78 is 0. The topological polar surface area (TPSA) is 107 Å². The Kier molecular flexibility index (Phi) is 6.64. The van der Waals surface area contributed by atoms with Crippen molar-refractivity contribution in [2.24, 2.45) is 5.92 Å². The number of nitrogens with zero attached hydrogens (tertiary/aromatic N) is 1. The van der Waals surface area contributed by atoms with Gasteiger partial charge in [-0.3, -0.25) is 4.79 Å². The van der Waals surface area contributed by atoms with Gasteiger partial charge >= 0.3 is 11.9 Å². The lowest BCUT2D eigenvalue weighted by atomic mass is 10.1. The van der Waals surface area contributed by atoms with Gasteiger partial charge in [-0.25, -0.2) is 9.59 Å². The number of thioether (sulfide) groups is 1. The molecule has 2 atom stereocenters. The summed E-state index contributed by atoms with van der Waals surface area (Å²) in [4.78, 5) is 37.6. The third-order valence-corrected chi connectivity index (χ3v) is 6.33. The number of nitrogens with one attached hydrogen (secondary N) is 1. The molecule has 1 aromatic rings. The maximum atomic E-state index is 12.4. The van der Waals surface area contributed by atoms with E-state index in [1.54, 1.807) is 19.2 Å². The van der Waals surface area contributed by atoms with E-state index in [9.17, 15) is 24.6 Å². The SMILES string of the molecule is CN1C(C(=O)O)=C(/C=C/C2CC2)CSC1C(NC(=O)Cc1ccccc1)C(=O)O. The molecule has 8 heteroatoms. The van der Waals surface area contributed by atoms with Gasteiger partial charge in [0.2, 0.25) is 5.91 Å². The van der Waals surface area contributed by atoms with Crippen molar-refractivity contribution in [3.63, 3.8) is 0 Å². The molecule has 1 fully saturated rings. The van der Waals surface area contributed by atoms with E-state index in [1.165, 1.54) is 16.7 Å². The van der Waals surface area contributed by atoms with Crippen LogP contribution in [0.3, 0.4) is 0 Å². The average molecular weight is 416 g/mol. The first-order valence-corrected chi connectivity index (χ1v) is 10.5. The molecule has 1 aromatic carbocycles. The van der Waals surface area contributed by atoms with Gasteiger partial charge in [-0.15, -0.1) is 11.8 Å². The van der Waals surface area contributed by atoms with Crippen LogP contribution in [0.5, 0.6) is 0 Å². The Morgan fingerprint density at radius 1 is 1.24 bits per heavy atom. The molecule has 1 heterocycles. The maximum absolute atomic E-state index is 12.4. The van der Waals surface area contributed by atoms with Crippen molar-refractivity contribution in [3.05, 3.63) is 59.3 Å². The molecule has 2 unspecified atom stereocenters. The molecular weight excluding hydrogens is 392 g/mol. The van der Waals surface area contributed by atoms with Crippen molar-refractivity contribution in [2.45, 2.75) is 30.7 Å². The van der Waals surface area contributed by atoms with E-state index < -0.39 is 29.3 Å². The highest BCUT2D eigenvalue weighted by molar-refractivity contribution is 8.00. The molecule has 0 saturated heterocycles. The highest BCUT2D eigenvalue weighted by Gasteiger charge is 2.39. The van der Waals surface area contributed by atoms with Crippen molar-refractivity contribution in [2.75, 3.05) is 12.8 Å². The minimum Gasteiger partial charge on any atom is -0.480 e. The lowest BCUT2D eigenvalue weighted by Crippen LogP contribution is -2.55. The second-order valence-electron chi connectivity index (χ2n) is 7.23. The van der Waals surface area contributed by atoms with Crippen LogP contribution in [0.4, 0.5) is 0 Å². The van der Waals surface area contributed by atoms with E-state index in [-0.39, 0.29) is 12.1 Å². The van der Waals surface area contributed by atoms with E-state index in [1.807, 2.05) is 30.4 Å². The monoisotopic (exact) mass is 416 g/mol. The number of carboxylic acids is 2. The van der Waals surface area contributed by atoms with Crippen molar-refractivity contribution in [1.82, 2.24) is 10.2 Å². The maximum Gasteiger partial charge on any atom is 0.352 e. The third-order valence-electron chi connectivity index (χ3n) is 4.92. The van der Waals surface area contributed by atoms with E-state index in [2.05, 4.69) is 5.32 Å². The molecule has 1 aliphatic carbocycles.